The Bertz CT molecular complexity index is 1660. The Kier molecular flexibility index (Phi) is 4.35. The molecule has 0 saturated carbocycles. The molecule has 0 bridgehead atoms. The molecule has 0 fully saturated rings. The van der Waals surface area contributed by atoms with Gasteiger partial charge in [-0.3, -0.25) is 14.4 Å². The molecule has 0 spiro atoms. The van der Waals surface area contributed by atoms with Gasteiger partial charge in [0, 0.05) is 22.0 Å². The molecule has 6 nitrogen and oxygen atoms in total. The van der Waals surface area contributed by atoms with E-state index in [0.717, 1.165) is 27.5 Å². The molecule has 0 radical (unpaired) electrons. The van der Waals surface area contributed by atoms with Crippen molar-refractivity contribution < 1.29 is 18.8 Å². The Hall–Kier alpha value is -4.71. The van der Waals surface area contributed by atoms with Crippen molar-refractivity contribution in [3.8, 4) is 0 Å². The van der Waals surface area contributed by atoms with Crippen LogP contribution in [0.2, 0.25) is 0 Å². The molecular weight excluding hydrogens is 428 g/mol. The number of amides is 3. The minimum absolute atomic E-state index is 0.220. The summed E-state index contributed by atoms with van der Waals surface area (Å²) in [6.45, 7) is 1.85. The molecule has 0 atom stereocenters. The molecule has 0 unspecified atom stereocenters. The molecule has 1 aliphatic rings. The van der Waals surface area contributed by atoms with Crippen molar-refractivity contribution >= 4 is 51.0 Å². The molecule has 5 aromatic rings. The number of nitrogens with zero attached hydrogens (tertiary/aromatic N) is 1. The van der Waals surface area contributed by atoms with E-state index in [2.05, 4.69) is 5.32 Å². The van der Waals surface area contributed by atoms with Crippen LogP contribution in [0.4, 0.5) is 11.4 Å². The average Bonchev–Trinajstić information content (AvgIpc) is 3.34. The van der Waals surface area contributed by atoms with E-state index in [9.17, 15) is 14.4 Å². The van der Waals surface area contributed by atoms with Gasteiger partial charge in [0.25, 0.3) is 17.7 Å². The van der Waals surface area contributed by atoms with Crippen LogP contribution < -0.4 is 10.2 Å². The molecule has 164 valence electrons. The van der Waals surface area contributed by atoms with Crippen LogP contribution in [0.3, 0.4) is 0 Å². The van der Waals surface area contributed by atoms with Gasteiger partial charge in [0.15, 0.2) is 0 Å². The minimum atomic E-state index is -0.435. The lowest BCUT2D eigenvalue weighted by Crippen LogP contribution is -2.29. The first kappa shape index (κ1) is 19.9. The van der Waals surface area contributed by atoms with Gasteiger partial charge >= 0.3 is 0 Å². The average molecular weight is 446 g/mol. The summed E-state index contributed by atoms with van der Waals surface area (Å²) < 4.78 is 5.84. The van der Waals surface area contributed by atoms with Crippen molar-refractivity contribution in [1.82, 2.24) is 0 Å². The molecule has 1 aromatic heterocycles. The summed E-state index contributed by atoms with van der Waals surface area (Å²) in [4.78, 5) is 40.2. The van der Waals surface area contributed by atoms with Gasteiger partial charge in [-0.05, 0) is 61.0 Å². The minimum Gasteiger partial charge on any atom is -0.456 e. The van der Waals surface area contributed by atoms with Crippen LogP contribution in [-0.2, 0) is 0 Å². The maximum Gasteiger partial charge on any atom is 0.266 e. The normalized spacial score (nSPS) is 13.0. The second-order valence-corrected chi connectivity index (χ2v) is 8.26. The highest BCUT2D eigenvalue weighted by atomic mass is 16.3. The van der Waals surface area contributed by atoms with Crippen LogP contribution in [0.15, 0.2) is 89.3 Å². The Morgan fingerprint density at radius 1 is 0.765 bits per heavy atom. The lowest BCUT2D eigenvalue weighted by molar-refractivity contribution is 0.0925. The summed E-state index contributed by atoms with van der Waals surface area (Å²) in [5.74, 6) is -1.20. The predicted molar refractivity (Wildman–Crippen MR) is 130 cm³/mol. The van der Waals surface area contributed by atoms with E-state index < -0.39 is 11.8 Å². The smallest absolute Gasteiger partial charge is 0.266 e. The zero-order valence-electron chi connectivity index (χ0n) is 18.2. The Balaban J connectivity index is 1.31. The number of rotatable bonds is 3. The molecule has 1 N–H and O–H groups in total. The van der Waals surface area contributed by atoms with Crippen molar-refractivity contribution in [1.29, 1.82) is 0 Å². The van der Waals surface area contributed by atoms with Gasteiger partial charge in [0.1, 0.15) is 11.2 Å². The molecule has 0 aliphatic carbocycles. The molecular formula is C28H18N2O4. The lowest BCUT2D eigenvalue weighted by atomic mass is 10.1. The van der Waals surface area contributed by atoms with Gasteiger partial charge in [0.05, 0.1) is 16.8 Å². The fourth-order valence-corrected chi connectivity index (χ4v) is 4.42. The summed E-state index contributed by atoms with van der Waals surface area (Å²) >= 11 is 0. The van der Waals surface area contributed by atoms with Crippen molar-refractivity contribution in [2.24, 2.45) is 0 Å². The summed E-state index contributed by atoms with van der Waals surface area (Å²) in [6, 6.07) is 25.0. The van der Waals surface area contributed by atoms with Gasteiger partial charge in [-0.15, -0.1) is 0 Å². The Morgan fingerprint density at radius 2 is 1.50 bits per heavy atom. The van der Waals surface area contributed by atoms with Crippen LogP contribution in [0, 0.1) is 6.92 Å². The highest BCUT2D eigenvalue weighted by Gasteiger charge is 2.37. The van der Waals surface area contributed by atoms with Crippen molar-refractivity contribution in [3.63, 3.8) is 0 Å². The number of furan rings is 1. The SMILES string of the molecule is Cc1ccccc1N1C(=O)c2ccc(C(=O)Nc3ccc4oc5ccccc5c4c3)cc2C1=O. The van der Waals surface area contributed by atoms with Crippen LogP contribution in [0.1, 0.15) is 36.6 Å². The third kappa shape index (κ3) is 3.00. The first-order chi connectivity index (χ1) is 16.5. The largest absolute Gasteiger partial charge is 0.456 e. The molecule has 6 heteroatoms. The number of aryl methyl sites for hydroxylation is 1. The second kappa shape index (κ2) is 7.42. The molecule has 2 heterocycles. The van der Waals surface area contributed by atoms with E-state index in [1.165, 1.54) is 17.0 Å². The predicted octanol–water partition coefficient (Wildman–Crippen LogP) is 5.95. The van der Waals surface area contributed by atoms with Crippen molar-refractivity contribution in [2.45, 2.75) is 6.92 Å². The number of para-hydroxylation sites is 2. The highest BCUT2D eigenvalue weighted by molar-refractivity contribution is 6.35. The summed E-state index contributed by atoms with van der Waals surface area (Å²) in [5, 5.41) is 4.75. The van der Waals surface area contributed by atoms with E-state index in [-0.39, 0.29) is 17.0 Å². The quantitative estimate of drug-likeness (QED) is 0.348. The Morgan fingerprint density at radius 3 is 2.35 bits per heavy atom. The first-order valence-corrected chi connectivity index (χ1v) is 10.8. The zero-order valence-corrected chi connectivity index (χ0v) is 18.2. The molecule has 4 aromatic carbocycles. The third-order valence-corrected chi connectivity index (χ3v) is 6.14. The van der Waals surface area contributed by atoms with Crippen LogP contribution in [0.5, 0.6) is 0 Å². The topological polar surface area (TPSA) is 79.6 Å². The van der Waals surface area contributed by atoms with Crippen LogP contribution in [-0.4, -0.2) is 17.7 Å². The van der Waals surface area contributed by atoms with Gasteiger partial charge in [-0.2, -0.15) is 0 Å². The zero-order chi connectivity index (χ0) is 23.4. The number of imide groups is 1. The van der Waals surface area contributed by atoms with Gasteiger partial charge < -0.3 is 9.73 Å². The number of carbonyl (C=O) groups is 3. The maximum absolute atomic E-state index is 13.1. The summed E-state index contributed by atoms with van der Waals surface area (Å²) in [5.41, 5.74) is 4.28. The summed E-state index contributed by atoms with van der Waals surface area (Å²) in [7, 11) is 0. The number of nitrogens with one attached hydrogen (secondary N) is 1. The molecule has 1 aliphatic heterocycles. The van der Waals surface area contributed by atoms with E-state index in [1.807, 2.05) is 55.5 Å². The van der Waals surface area contributed by atoms with Gasteiger partial charge in [-0.25, -0.2) is 4.90 Å². The molecule has 3 amide bonds. The summed E-state index contributed by atoms with van der Waals surface area (Å²) in [6.07, 6.45) is 0. The van der Waals surface area contributed by atoms with E-state index in [0.29, 0.717) is 16.9 Å². The fourth-order valence-electron chi connectivity index (χ4n) is 4.42. The number of hydrogen-bond donors (Lipinski definition) is 1. The number of anilines is 2. The Labute approximate surface area is 194 Å². The van der Waals surface area contributed by atoms with E-state index in [4.69, 9.17) is 4.42 Å². The number of carbonyl (C=O) groups excluding carboxylic acids is 3. The van der Waals surface area contributed by atoms with E-state index >= 15 is 0 Å². The standard InChI is InChI=1S/C28H18N2O4/c1-16-6-2-4-8-23(16)30-27(32)20-12-10-17(14-22(20)28(30)33)26(31)29-18-11-13-25-21(15-18)19-7-3-5-9-24(19)34-25/h2-15H,1H3,(H,29,31). The number of hydrogen-bond acceptors (Lipinski definition) is 4. The fraction of sp³-hybridized carbons (Fsp3) is 0.0357. The van der Waals surface area contributed by atoms with E-state index in [1.54, 1.807) is 24.3 Å². The first-order valence-electron chi connectivity index (χ1n) is 10.8. The number of fused-ring (bicyclic) bond motifs is 4. The monoisotopic (exact) mass is 446 g/mol. The van der Waals surface area contributed by atoms with Crippen LogP contribution >= 0.6 is 0 Å². The van der Waals surface area contributed by atoms with Gasteiger partial charge in [0.2, 0.25) is 0 Å². The number of benzene rings is 4. The molecule has 34 heavy (non-hydrogen) atoms. The van der Waals surface area contributed by atoms with Crippen LogP contribution in [0.25, 0.3) is 21.9 Å². The third-order valence-electron chi connectivity index (χ3n) is 6.14. The second-order valence-electron chi connectivity index (χ2n) is 8.26. The van der Waals surface area contributed by atoms with Crippen molar-refractivity contribution in [2.75, 3.05) is 10.2 Å². The molecule has 0 saturated heterocycles. The lowest BCUT2D eigenvalue weighted by Gasteiger charge is -2.16. The maximum atomic E-state index is 13.1. The van der Waals surface area contributed by atoms with Crippen molar-refractivity contribution in [3.05, 3.63) is 107 Å². The highest BCUT2D eigenvalue weighted by Crippen LogP contribution is 2.32. The molecule has 6 rings (SSSR count). The van der Waals surface area contributed by atoms with Gasteiger partial charge in [-0.1, -0.05) is 36.4 Å².